The van der Waals surface area contributed by atoms with E-state index in [1.54, 1.807) is 7.11 Å². The van der Waals surface area contributed by atoms with Gasteiger partial charge < -0.3 is 10.1 Å². The number of methoxy groups -OCH3 is 1. The largest absolute Gasteiger partial charge is 0.496 e. The summed E-state index contributed by atoms with van der Waals surface area (Å²) in [5.74, 6) is 1.84. The van der Waals surface area contributed by atoms with E-state index in [9.17, 15) is 4.79 Å². The highest BCUT2D eigenvalue weighted by atomic mass is 16.5. The predicted octanol–water partition coefficient (Wildman–Crippen LogP) is 4.06. The fraction of sp³-hybridized carbons (Fsp3) is 0.611. The van der Waals surface area contributed by atoms with E-state index in [1.165, 1.54) is 38.5 Å². The lowest BCUT2D eigenvalue weighted by Crippen LogP contribution is -2.23. The number of carbonyl (C=O) groups is 1. The zero-order chi connectivity index (χ0) is 14.9. The number of carbonyl (C=O) groups excluding carboxylic acids is 1. The molecule has 1 N–H and O–H groups in total. The molecule has 21 heavy (non-hydrogen) atoms. The molecular formula is C18H27NO2. The van der Waals surface area contributed by atoms with Crippen LogP contribution in [0.5, 0.6) is 5.75 Å². The van der Waals surface area contributed by atoms with Gasteiger partial charge in [0.2, 0.25) is 5.91 Å². The molecule has 0 bridgehead atoms. The van der Waals surface area contributed by atoms with Gasteiger partial charge in [0.15, 0.2) is 0 Å². The molecule has 0 unspecified atom stereocenters. The third-order valence-corrected chi connectivity index (χ3v) is 4.41. The van der Waals surface area contributed by atoms with E-state index >= 15 is 0 Å². The Morgan fingerprint density at radius 2 is 2.00 bits per heavy atom. The molecule has 3 heteroatoms. The maximum absolute atomic E-state index is 11.9. The van der Waals surface area contributed by atoms with Crippen molar-refractivity contribution in [3.8, 4) is 5.75 Å². The Hall–Kier alpha value is -1.51. The van der Waals surface area contributed by atoms with Crippen LogP contribution in [-0.4, -0.2) is 13.0 Å². The minimum Gasteiger partial charge on any atom is -0.496 e. The molecule has 0 atom stereocenters. The topological polar surface area (TPSA) is 38.3 Å². The minimum absolute atomic E-state index is 0.150. The summed E-state index contributed by atoms with van der Waals surface area (Å²) in [6.45, 7) is 0.548. The number of ether oxygens (including phenoxy) is 1. The van der Waals surface area contributed by atoms with Crippen LogP contribution >= 0.6 is 0 Å². The second-order valence-corrected chi connectivity index (χ2v) is 5.98. The Morgan fingerprint density at radius 3 is 2.76 bits per heavy atom. The summed E-state index contributed by atoms with van der Waals surface area (Å²) in [5.41, 5.74) is 1.03. The van der Waals surface area contributed by atoms with Crippen LogP contribution in [0.3, 0.4) is 0 Å². The zero-order valence-corrected chi connectivity index (χ0v) is 13.1. The Labute approximate surface area is 128 Å². The highest BCUT2D eigenvalue weighted by molar-refractivity contribution is 5.75. The van der Waals surface area contributed by atoms with Gasteiger partial charge >= 0.3 is 0 Å². The molecule has 2 rings (SSSR count). The van der Waals surface area contributed by atoms with Gasteiger partial charge in [-0.15, -0.1) is 0 Å². The average molecular weight is 289 g/mol. The van der Waals surface area contributed by atoms with Crippen LogP contribution in [0.1, 0.15) is 56.9 Å². The number of hydrogen-bond donors (Lipinski definition) is 1. The zero-order valence-electron chi connectivity index (χ0n) is 13.1. The van der Waals surface area contributed by atoms with Gasteiger partial charge in [-0.05, 0) is 24.8 Å². The van der Waals surface area contributed by atoms with Gasteiger partial charge in [0, 0.05) is 18.5 Å². The number of rotatable bonds is 7. The molecule has 0 spiro atoms. The van der Waals surface area contributed by atoms with Gasteiger partial charge in [-0.3, -0.25) is 4.79 Å². The highest BCUT2D eigenvalue weighted by Gasteiger charge is 2.13. The molecule has 0 aromatic heterocycles. The van der Waals surface area contributed by atoms with Crippen molar-refractivity contribution in [2.24, 2.45) is 5.92 Å². The van der Waals surface area contributed by atoms with Gasteiger partial charge in [-0.1, -0.05) is 50.3 Å². The molecule has 1 aromatic rings. The van der Waals surface area contributed by atoms with Crippen LogP contribution in [0.4, 0.5) is 0 Å². The summed E-state index contributed by atoms with van der Waals surface area (Å²) in [6, 6.07) is 7.81. The fourth-order valence-corrected chi connectivity index (χ4v) is 3.16. The third-order valence-electron chi connectivity index (χ3n) is 4.41. The van der Waals surface area contributed by atoms with Crippen molar-refractivity contribution in [1.82, 2.24) is 5.32 Å². The maximum Gasteiger partial charge on any atom is 0.220 e. The van der Waals surface area contributed by atoms with E-state index in [0.29, 0.717) is 13.0 Å². The van der Waals surface area contributed by atoms with Gasteiger partial charge in [0.25, 0.3) is 0 Å². The summed E-state index contributed by atoms with van der Waals surface area (Å²) < 4.78 is 5.29. The fourth-order valence-electron chi connectivity index (χ4n) is 3.16. The summed E-state index contributed by atoms with van der Waals surface area (Å²) in [6.07, 6.45) is 9.76. The van der Waals surface area contributed by atoms with E-state index in [-0.39, 0.29) is 5.91 Å². The Balaban J connectivity index is 1.65. The Kier molecular flexibility index (Phi) is 6.58. The smallest absolute Gasteiger partial charge is 0.220 e. The molecule has 1 fully saturated rings. The lowest BCUT2D eigenvalue weighted by atomic mass is 9.86. The number of nitrogens with one attached hydrogen (secondary N) is 1. The third kappa shape index (κ3) is 5.41. The summed E-state index contributed by atoms with van der Waals surface area (Å²) in [7, 11) is 1.66. The van der Waals surface area contributed by atoms with Crippen molar-refractivity contribution in [2.45, 2.75) is 57.9 Å². The van der Waals surface area contributed by atoms with Crippen LogP contribution in [0, 0.1) is 5.92 Å². The quantitative estimate of drug-likeness (QED) is 0.822. The summed E-state index contributed by atoms with van der Waals surface area (Å²) in [4.78, 5) is 11.9. The van der Waals surface area contributed by atoms with Crippen LogP contribution in [-0.2, 0) is 11.3 Å². The van der Waals surface area contributed by atoms with Gasteiger partial charge in [-0.25, -0.2) is 0 Å². The van der Waals surface area contributed by atoms with Crippen LogP contribution in [0.25, 0.3) is 0 Å². The van der Waals surface area contributed by atoms with Crippen molar-refractivity contribution in [1.29, 1.82) is 0 Å². The normalized spacial score (nSPS) is 15.7. The van der Waals surface area contributed by atoms with Crippen molar-refractivity contribution in [2.75, 3.05) is 7.11 Å². The van der Waals surface area contributed by atoms with Crippen molar-refractivity contribution in [3.63, 3.8) is 0 Å². The standard InChI is InChI=1S/C18H27NO2/c1-21-17-12-6-5-11-16(17)14-19-18(20)13-7-10-15-8-3-2-4-9-15/h5-6,11-12,15H,2-4,7-10,13-14H2,1H3,(H,19,20). The molecule has 116 valence electrons. The van der Waals surface area contributed by atoms with Gasteiger partial charge in [0.1, 0.15) is 5.75 Å². The van der Waals surface area contributed by atoms with E-state index in [4.69, 9.17) is 4.74 Å². The molecule has 1 aliphatic carbocycles. The van der Waals surface area contributed by atoms with Crippen LogP contribution < -0.4 is 10.1 Å². The second-order valence-electron chi connectivity index (χ2n) is 5.98. The van der Waals surface area contributed by atoms with Gasteiger partial charge in [-0.2, -0.15) is 0 Å². The Morgan fingerprint density at radius 1 is 1.24 bits per heavy atom. The Bertz CT molecular complexity index is 439. The SMILES string of the molecule is COc1ccccc1CNC(=O)CCCC1CCCCC1. The van der Waals surface area contributed by atoms with Crippen molar-refractivity contribution >= 4 is 5.91 Å². The number of benzene rings is 1. The van der Waals surface area contributed by atoms with E-state index in [2.05, 4.69) is 5.32 Å². The number of amides is 1. The number of para-hydroxylation sites is 1. The van der Waals surface area contributed by atoms with Crippen LogP contribution in [0.15, 0.2) is 24.3 Å². The monoisotopic (exact) mass is 289 g/mol. The first-order valence-electron chi connectivity index (χ1n) is 8.18. The molecule has 0 heterocycles. The summed E-state index contributed by atoms with van der Waals surface area (Å²) in [5, 5.41) is 2.99. The number of hydrogen-bond acceptors (Lipinski definition) is 2. The maximum atomic E-state index is 11.9. The first-order chi connectivity index (χ1) is 10.3. The molecule has 0 radical (unpaired) electrons. The molecule has 3 nitrogen and oxygen atoms in total. The van der Waals surface area contributed by atoms with Crippen LogP contribution in [0.2, 0.25) is 0 Å². The van der Waals surface area contributed by atoms with Gasteiger partial charge in [0.05, 0.1) is 7.11 Å². The predicted molar refractivity (Wildman–Crippen MR) is 85.3 cm³/mol. The minimum atomic E-state index is 0.150. The van der Waals surface area contributed by atoms with Crippen molar-refractivity contribution < 1.29 is 9.53 Å². The molecule has 1 aliphatic rings. The average Bonchev–Trinajstić information content (AvgIpc) is 2.54. The molecule has 0 aliphatic heterocycles. The second kappa shape index (κ2) is 8.71. The van der Waals surface area contributed by atoms with E-state index in [1.807, 2.05) is 24.3 Å². The lowest BCUT2D eigenvalue weighted by Gasteiger charge is -2.21. The summed E-state index contributed by atoms with van der Waals surface area (Å²) >= 11 is 0. The lowest BCUT2D eigenvalue weighted by molar-refractivity contribution is -0.121. The molecule has 0 saturated heterocycles. The highest BCUT2D eigenvalue weighted by Crippen LogP contribution is 2.27. The van der Waals surface area contributed by atoms with E-state index in [0.717, 1.165) is 23.7 Å². The van der Waals surface area contributed by atoms with E-state index < -0.39 is 0 Å². The molecule has 1 aromatic carbocycles. The first-order valence-corrected chi connectivity index (χ1v) is 8.18. The first kappa shape index (κ1) is 15.9. The van der Waals surface area contributed by atoms with Crippen molar-refractivity contribution in [3.05, 3.63) is 29.8 Å². The molecule has 1 saturated carbocycles. The molecular weight excluding hydrogens is 262 g/mol. The molecule has 1 amide bonds.